The summed E-state index contributed by atoms with van der Waals surface area (Å²) in [6, 6.07) is 1.73. The minimum atomic E-state index is 0.501. The van der Waals surface area contributed by atoms with E-state index in [0.29, 0.717) is 11.3 Å². The van der Waals surface area contributed by atoms with Crippen LogP contribution in [-0.2, 0) is 0 Å². The molecule has 0 aliphatic rings. The molecule has 0 saturated heterocycles. The number of nitrogens with two attached hydrogens (primary N) is 1. The Kier molecular flexibility index (Phi) is 1.00. The van der Waals surface area contributed by atoms with Gasteiger partial charge in [-0.05, 0) is 10.8 Å². The number of nitrogens with zero attached hydrogens (tertiary/aromatic N) is 2. The molecule has 5 nitrogen and oxygen atoms in total. The number of rotatable bonds is 0. The maximum absolute atomic E-state index is 9.21. The summed E-state index contributed by atoms with van der Waals surface area (Å²) in [6.07, 6.45) is 3.00. The van der Waals surface area contributed by atoms with E-state index in [4.69, 9.17) is 5.73 Å². The number of nitrogens with one attached hydrogen (secondary N) is 1. The van der Waals surface area contributed by atoms with E-state index in [1.807, 2.05) is 0 Å². The molecule has 0 saturated carbocycles. The van der Waals surface area contributed by atoms with E-state index in [1.165, 1.54) is 6.20 Å². The highest BCUT2D eigenvalue weighted by atomic mass is 16.5. The Bertz CT molecular complexity index is 394. The second-order valence-corrected chi connectivity index (χ2v) is 2.29. The van der Waals surface area contributed by atoms with Crippen molar-refractivity contribution in [2.45, 2.75) is 0 Å². The van der Waals surface area contributed by atoms with Gasteiger partial charge < -0.3 is 10.9 Å². The van der Waals surface area contributed by atoms with Crippen molar-refractivity contribution in [1.82, 2.24) is 10.2 Å². The van der Waals surface area contributed by atoms with Crippen LogP contribution < -0.4 is 10.5 Å². The first-order valence-electron chi connectivity index (χ1n) is 3.11. The zero-order valence-electron chi connectivity index (χ0n) is 5.65. The van der Waals surface area contributed by atoms with E-state index in [-0.39, 0.29) is 0 Å². The van der Waals surface area contributed by atoms with Crippen LogP contribution in [0.25, 0.3) is 11.0 Å². The number of hydrogen-bond donors (Lipinski definition) is 3. The van der Waals surface area contributed by atoms with E-state index in [0.717, 1.165) is 10.1 Å². The smallest absolute Gasteiger partial charge is 0.347 e. The molecule has 0 radical (unpaired) electrons. The maximum Gasteiger partial charge on any atom is 0.347 e. The molecule has 0 aliphatic heterocycles. The summed E-state index contributed by atoms with van der Waals surface area (Å²) < 4.78 is 0.914. The van der Waals surface area contributed by atoms with Crippen molar-refractivity contribution >= 4 is 16.7 Å². The zero-order valence-corrected chi connectivity index (χ0v) is 5.65. The summed E-state index contributed by atoms with van der Waals surface area (Å²) in [7, 11) is 0. The minimum Gasteiger partial charge on any atom is -0.396 e. The number of H-pyrrole nitrogens is 1. The Morgan fingerprint density at radius 2 is 2.45 bits per heavy atom. The molecular formula is C6H7N4O+. The van der Waals surface area contributed by atoms with Gasteiger partial charge in [-0.15, -0.1) is 5.10 Å². The molecular weight excluding hydrogens is 144 g/mol. The van der Waals surface area contributed by atoms with Gasteiger partial charge in [-0.25, -0.2) is 0 Å². The Morgan fingerprint density at radius 1 is 1.64 bits per heavy atom. The third-order valence-corrected chi connectivity index (χ3v) is 1.47. The summed E-state index contributed by atoms with van der Waals surface area (Å²) in [5.74, 6) is 0. The fourth-order valence-electron chi connectivity index (χ4n) is 1.00. The Morgan fingerprint density at radius 3 is 3.27 bits per heavy atom. The number of aromatic amines is 1. The first-order valence-corrected chi connectivity index (χ1v) is 3.11. The summed E-state index contributed by atoms with van der Waals surface area (Å²) in [4.78, 5) is 0. The molecule has 0 spiro atoms. The Labute approximate surface area is 62.0 Å². The van der Waals surface area contributed by atoms with Gasteiger partial charge in [0.05, 0.1) is 17.3 Å². The standard InChI is InChI=1S/C6H6N4O/c7-5-1-4-2-8-9-6(4)10(11)3-5/h1-3,11H,7H2/p+1. The van der Waals surface area contributed by atoms with Crippen molar-refractivity contribution in [1.29, 1.82) is 0 Å². The van der Waals surface area contributed by atoms with E-state index in [2.05, 4.69) is 10.2 Å². The number of aromatic nitrogens is 3. The second-order valence-electron chi connectivity index (χ2n) is 2.29. The van der Waals surface area contributed by atoms with Crippen molar-refractivity contribution in [3.8, 4) is 0 Å². The van der Waals surface area contributed by atoms with E-state index >= 15 is 0 Å². The van der Waals surface area contributed by atoms with Crippen molar-refractivity contribution in [2.24, 2.45) is 0 Å². The summed E-state index contributed by atoms with van der Waals surface area (Å²) >= 11 is 0. The molecule has 4 N–H and O–H groups in total. The van der Waals surface area contributed by atoms with Gasteiger partial charge in [-0.1, -0.05) is 5.10 Å². The highest BCUT2D eigenvalue weighted by Gasteiger charge is 2.08. The second kappa shape index (κ2) is 1.85. The first kappa shape index (κ1) is 5.96. The van der Waals surface area contributed by atoms with Crippen LogP contribution in [0.15, 0.2) is 18.5 Å². The third-order valence-electron chi connectivity index (χ3n) is 1.47. The molecule has 2 aromatic heterocycles. The van der Waals surface area contributed by atoms with Crippen LogP contribution in [0.1, 0.15) is 0 Å². The quantitative estimate of drug-likeness (QED) is 0.356. The van der Waals surface area contributed by atoms with E-state index < -0.39 is 0 Å². The number of nitrogen functional groups attached to an aromatic ring is 1. The van der Waals surface area contributed by atoms with Crippen LogP contribution in [0.5, 0.6) is 0 Å². The molecule has 11 heavy (non-hydrogen) atoms. The Balaban J connectivity index is 2.91. The lowest BCUT2D eigenvalue weighted by molar-refractivity contribution is -0.885. The third kappa shape index (κ3) is 0.778. The summed E-state index contributed by atoms with van der Waals surface area (Å²) in [5, 5.41) is 16.4. The van der Waals surface area contributed by atoms with Gasteiger partial charge in [-0.2, -0.15) is 0 Å². The van der Waals surface area contributed by atoms with Gasteiger partial charge in [0.25, 0.3) is 0 Å². The van der Waals surface area contributed by atoms with Crippen LogP contribution in [0.3, 0.4) is 0 Å². The van der Waals surface area contributed by atoms with Crippen LogP contribution in [-0.4, -0.2) is 15.4 Å². The lowest BCUT2D eigenvalue weighted by atomic mass is 10.3. The van der Waals surface area contributed by atoms with Gasteiger partial charge >= 0.3 is 5.65 Å². The molecule has 2 aromatic rings. The Hall–Kier alpha value is -1.78. The molecule has 0 unspecified atom stereocenters. The maximum atomic E-state index is 9.21. The predicted octanol–water partition coefficient (Wildman–Crippen LogP) is -0.330. The molecule has 0 fully saturated rings. The molecule has 2 rings (SSSR count). The number of pyridine rings is 1. The van der Waals surface area contributed by atoms with Crippen molar-refractivity contribution in [3.05, 3.63) is 18.5 Å². The van der Waals surface area contributed by atoms with Gasteiger partial charge in [0.2, 0.25) is 0 Å². The fourth-order valence-corrected chi connectivity index (χ4v) is 1.00. The monoisotopic (exact) mass is 151 g/mol. The molecule has 0 amide bonds. The van der Waals surface area contributed by atoms with Crippen LogP contribution in [0, 0.1) is 0 Å². The number of anilines is 1. The minimum absolute atomic E-state index is 0.501. The average molecular weight is 151 g/mol. The molecule has 0 bridgehead atoms. The highest BCUT2D eigenvalue weighted by molar-refractivity contribution is 5.73. The van der Waals surface area contributed by atoms with Gasteiger partial charge in [-0.3, -0.25) is 0 Å². The molecule has 0 aliphatic carbocycles. The normalized spacial score (nSPS) is 10.5. The van der Waals surface area contributed by atoms with Gasteiger partial charge in [0, 0.05) is 0 Å². The summed E-state index contributed by atoms with van der Waals surface area (Å²) in [6.45, 7) is 0. The van der Waals surface area contributed by atoms with Crippen LogP contribution >= 0.6 is 0 Å². The van der Waals surface area contributed by atoms with Crippen molar-refractivity contribution in [3.63, 3.8) is 0 Å². The number of fused-ring (bicyclic) bond motifs is 1. The predicted molar refractivity (Wildman–Crippen MR) is 37.9 cm³/mol. The van der Waals surface area contributed by atoms with Crippen LogP contribution in [0.2, 0.25) is 0 Å². The highest BCUT2D eigenvalue weighted by Crippen LogP contribution is 2.08. The lowest BCUT2D eigenvalue weighted by Gasteiger charge is -1.90. The average Bonchev–Trinajstić information content (AvgIpc) is 2.34. The molecule has 56 valence electrons. The fraction of sp³-hybridized carbons (Fsp3) is 0. The zero-order chi connectivity index (χ0) is 7.84. The molecule has 5 heteroatoms. The first-order chi connectivity index (χ1) is 5.27. The van der Waals surface area contributed by atoms with Crippen molar-refractivity contribution < 1.29 is 9.94 Å². The molecule has 2 heterocycles. The van der Waals surface area contributed by atoms with Gasteiger partial charge in [0.1, 0.15) is 0 Å². The number of hydrogen-bond acceptors (Lipinski definition) is 3. The molecule has 0 aromatic carbocycles. The largest absolute Gasteiger partial charge is 0.396 e. The van der Waals surface area contributed by atoms with Gasteiger partial charge in [0.15, 0.2) is 6.20 Å². The summed E-state index contributed by atoms with van der Waals surface area (Å²) in [5.41, 5.74) is 6.50. The SMILES string of the molecule is Nc1cc2cn[nH]c2[n+](O)c1. The lowest BCUT2D eigenvalue weighted by Crippen LogP contribution is -2.31. The van der Waals surface area contributed by atoms with Crippen molar-refractivity contribution in [2.75, 3.05) is 5.73 Å². The van der Waals surface area contributed by atoms with E-state index in [9.17, 15) is 5.21 Å². The van der Waals surface area contributed by atoms with Crippen LogP contribution in [0.4, 0.5) is 5.69 Å². The van der Waals surface area contributed by atoms with E-state index in [1.54, 1.807) is 12.3 Å². The topological polar surface area (TPSA) is 78.8 Å². The molecule has 0 atom stereocenters.